The Balaban J connectivity index is 2.09. The van der Waals surface area contributed by atoms with Gasteiger partial charge < -0.3 is 5.32 Å². The third-order valence-corrected chi connectivity index (χ3v) is 4.06. The minimum absolute atomic E-state index is 0.122. The third-order valence-electron chi connectivity index (χ3n) is 2.93. The van der Waals surface area contributed by atoms with Gasteiger partial charge in [0, 0.05) is 30.5 Å². The molecule has 1 aliphatic rings. The Labute approximate surface area is 108 Å². The molecule has 0 bridgehead atoms. The van der Waals surface area contributed by atoms with E-state index in [1.54, 1.807) is 29.5 Å². The molecule has 5 nitrogen and oxygen atoms in total. The number of aromatic nitrogens is 1. The number of nitrogens with zero attached hydrogens (tertiary/aromatic N) is 2. The van der Waals surface area contributed by atoms with Crippen LogP contribution in [0.3, 0.4) is 0 Å². The van der Waals surface area contributed by atoms with Crippen molar-refractivity contribution in [2.75, 3.05) is 6.54 Å². The van der Waals surface area contributed by atoms with E-state index in [-0.39, 0.29) is 10.6 Å². The number of nitro groups is 1. The quantitative estimate of drug-likeness (QED) is 0.665. The van der Waals surface area contributed by atoms with Crippen LogP contribution in [0.4, 0.5) is 5.69 Å². The van der Waals surface area contributed by atoms with Crippen LogP contribution in [0.2, 0.25) is 0 Å². The Hall–Kier alpha value is -1.79. The van der Waals surface area contributed by atoms with E-state index in [0.717, 1.165) is 30.2 Å². The van der Waals surface area contributed by atoms with Crippen molar-refractivity contribution in [2.45, 2.75) is 13.0 Å². The van der Waals surface area contributed by atoms with Crippen LogP contribution in [0.1, 0.15) is 10.6 Å². The van der Waals surface area contributed by atoms with Crippen LogP contribution in [0.25, 0.3) is 10.6 Å². The molecule has 1 N–H and O–H groups in total. The molecule has 0 radical (unpaired) electrons. The van der Waals surface area contributed by atoms with Crippen molar-refractivity contribution in [2.24, 2.45) is 0 Å². The number of fused-ring (bicyclic) bond motifs is 1. The Morgan fingerprint density at radius 1 is 1.39 bits per heavy atom. The third kappa shape index (κ3) is 1.89. The molecule has 0 saturated heterocycles. The Bertz CT molecular complexity index is 586. The topological polar surface area (TPSA) is 68.1 Å². The van der Waals surface area contributed by atoms with Crippen molar-refractivity contribution in [3.63, 3.8) is 0 Å². The van der Waals surface area contributed by atoms with Crippen molar-refractivity contribution in [3.8, 4) is 10.6 Å². The first kappa shape index (κ1) is 11.3. The summed E-state index contributed by atoms with van der Waals surface area (Å²) < 4.78 is 0. The molecular weight excluding hydrogens is 250 g/mol. The zero-order valence-corrected chi connectivity index (χ0v) is 10.4. The first-order valence-corrected chi connectivity index (χ1v) is 6.50. The normalized spacial score (nSPS) is 14.2. The largest absolute Gasteiger partial charge is 0.311 e. The lowest BCUT2D eigenvalue weighted by atomic mass is 10.2. The van der Waals surface area contributed by atoms with Gasteiger partial charge in [0.05, 0.1) is 16.2 Å². The molecule has 0 amide bonds. The van der Waals surface area contributed by atoms with Crippen molar-refractivity contribution < 1.29 is 4.92 Å². The molecular formula is C12H11N3O2S. The first-order valence-electron chi connectivity index (χ1n) is 5.69. The van der Waals surface area contributed by atoms with Gasteiger partial charge in [-0.05, 0) is 6.07 Å². The fourth-order valence-electron chi connectivity index (χ4n) is 2.05. The first-order chi connectivity index (χ1) is 8.75. The molecule has 6 heteroatoms. The SMILES string of the molecule is O=[N+]([O-])c1ccccc1-c1nc2c(s1)CNCC2. The van der Waals surface area contributed by atoms with Crippen LogP contribution in [-0.4, -0.2) is 16.5 Å². The Morgan fingerprint density at radius 3 is 3.00 bits per heavy atom. The van der Waals surface area contributed by atoms with Gasteiger partial charge >= 0.3 is 0 Å². The van der Waals surface area contributed by atoms with E-state index < -0.39 is 0 Å². The second-order valence-electron chi connectivity index (χ2n) is 4.09. The number of benzene rings is 1. The fraction of sp³-hybridized carbons (Fsp3) is 0.250. The lowest BCUT2D eigenvalue weighted by Gasteiger charge is -2.09. The summed E-state index contributed by atoms with van der Waals surface area (Å²) in [5.74, 6) is 0. The Kier molecular flexibility index (Phi) is 2.81. The highest BCUT2D eigenvalue weighted by molar-refractivity contribution is 7.15. The number of nitrogens with one attached hydrogen (secondary N) is 1. The summed E-state index contributed by atoms with van der Waals surface area (Å²) in [6.45, 7) is 1.74. The monoisotopic (exact) mass is 261 g/mol. The molecule has 1 aromatic carbocycles. The highest BCUT2D eigenvalue weighted by Crippen LogP contribution is 2.34. The summed E-state index contributed by atoms with van der Waals surface area (Å²) >= 11 is 1.54. The summed E-state index contributed by atoms with van der Waals surface area (Å²) in [7, 11) is 0. The second kappa shape index (κ2) is 4.47. The standard InChI is InChI=1S/C12H11N3O2S/c16-15(17)10-4-2-1-3-8(10)12-14-9-5-6-13-7-11(9)18-12/h1-4,13H,5-7H2. The average molecular weight is 261 g/mol. The van der Waals surface area contributed by atoms with E-state index in [4.69, 9.17) is 0 Å². The van der Waals surface area contributed by atoms with Gasteiger partial charge in [0.25, 0.3) is 5.69 Å². The number of rotatable bonds is 2. The maximum Gasteiger partial charge on any atom is 0.279 e. The number of hydrogen-bond acceptors (Lipinski definition) is 5. The molecule has 18 heavy (non-hydrogen) atoms. The number of para-hydroxylation sites is 1. The predicted molar refractivity (Wildman–Crippen MR) is 69.6 cm³/mol. The zero-order chi connectivity index (χ0) is 12.5. The van der Waals surface area contributed by atoms with E-state index >= 15 is 0 Å². The smallest absolute Gasteiger partial charge is 0.279 e. The van der Waals surface area contributed by atoms with E-state index in [9.17, 15) is 10.1 Å². The number of thiazole rings is 1. The molecule has 1 aliphatic heterocycles. The van der Waals surface area contributed by atoms with Crippen LogP contribution >= 0.6 is 11.3 Å². The van der Waals surface area contributed by atoms with Crippen LogP contribution < -0.4 is 5.32 Å². The van der Waals surface area contributed by atoms with Crippen LogP contribution in [0, 0.1) is 10.1 Å². The van der Waals surface area contributed by atoms with Crippen molar-refractivity contribution in [1.82, 2.24) is 10.3 Å². The molecule has 2 heterocycles. The average Bonchev–Trinajstić information content (AvgIpc) is 2.82. The van der Waals surface area contributed by atoms with Crippen LogP contribution in [-0.2, 0) is 13.0 Å². The van der Waals surface area contributed by atoms with Gasteiger partial charge in [-0.1, -0.05) is 12.1 Å². The Morgan fingerprint density at radius 2 is 2.22 bits per heavy atom. The molecule has 0 unspecified atom stereocenters. The van der Waals surface area contributed by atoms with Gasteiger partial charge in [-0.3, -0.25) is 10.1 Å². The molecule has 0 aliphatic carbocycles. The summed E-state index contributed by atoms with van der Waals surface area (Å²) in [6, 6.07) is 6.77. The van der Waals surface area contributed by atoms with Crippen molar-refractivity contribution in [3.05, 3.63) is 45.0 Å². The maximum absolute atomic E-state index is 11.0. The molecule has 92 valence electrons. The lowest BCUT2D eigenvalue weighted by Crippen LogP contribution is -2.22. The summed E-state index contributed by atoms with van der Waals surface area (Å²) in [5.41, 5.74) is 1.81. The van der Waals surface area contributed by atoms with Gasteiger partial charge in [-0.25, -0.2) is 4.98 Å². The molecule has 3 rings (SSSR count). The summed E-state index contributed by atoms with van der Waals surface area (Å²) in [6.07, 6.45) is 0.895. The molecule has 1 aromatic heterocycles. The second-order valence-corrected chi connectivity index (χ2v) is 5.17. The lowest BCUT2D eigenvalue weighted by molar-refractivity contribution is -0.384. The van der Waals surface area contributed by atoms with Gasteiger partial charge in [-0.2, -0.15) is 0 Å². The van der Waals surface area contributed by atoms with Crippen LogP contribution in [0.5, 0.6) is 0 Å². The number of hydrogen-bond donors (Lipinski definition) is 1. The molecule has 0 atom stereocenters. The van der Waals surface area contributed by atoms with Crippen molar-refractivity contribution >= 4 is 17.0 Å². The molecule has 0 spiro atoms. The molecule has 0 saturated carbocycles. The van der Waals surface area contributed by atoms with Gasteiger partial charge in [-0.15, -0.1) is 11.3 Å². The fourth-order valence-corrected chi connectivity index (χ4v) is 3.17. The summed E-state index contributed by atoms with van der Waals surface area (Å²) in [4.78, 5) is 16.4. The van der Waals surface area contributed by atoms with Gasteiger partial charge in [0.15, 0.2) is 0 Å². The van der Waals surface area contributed by atoms with E-state index in [0.29, 0.717) is 5.56 Å². The minimum atomic E-state index is -0.353. The maximum atomic E-state index is 11.0. The molecule has 2 aromatic rings. The predicted octanol–water partition coefficient (Wildman–Crippen LogP) is 2.36. The van der Waals surface area contributed by atoms with Crippen LogP contribution in [0.15, 0.2) is 24.3 Å². The van der Waals surface area contributed by atoms with E-state index in [1.807, 2.05) is 0 Å². The highest BCUT2D eigenvalue weighted by atomic mass is 32.1. The van der Waals surface area contributed by atoms with Gasteiger partial charge in [0.2, 0.25) is 0 Å². The minimum Gasteiger partial charge on any atom is -0.311 e. The highest BCUT2D eigenvalue weighted by Gasteiger charge is 2.20. The summed E-state index contributed by atoms with van der Waals surface area (Å²) in [5, 5.41) is 15.0. The van der Waals surface area contributed by atoms with E-state index in [2.05, 4.69) is 10.3 Å². The zero-order valence-electron chi connectivity index (χ0n) is 9.55. The van der Waals surface area contributed by atoms with Gasteiger partial charge in [0.1, 0.15) is 5.01 Å². The number of nitro benzene ring substituents is 1. The molecule has 0 fully saturated rings. The van der Waals surface area contributed by atoms with Crippen molar-refractivity contribution in [1.29, 1.82) is 0 Å². The van der Waals surface area contributed by atoms with E-state index in [1.165, 1.54) is 10.9 Å².